The van der Waals surface area contributed by atoms with Gasteiger partial charge in [-0.1, -0.05) is 12.1 Å². The number of carbonyl (C=O) groups is 4. The molecule has 0 bridgehead atoms. The maximum Gasteiger partial charge on any atom is 0.428 e. The summed E-state index contributed by atoms with van der Waals surface area (Å²) in [7, 11) is 1.55. The zero-order valence-corrected chi connectivity index (χ0v) is 21.4. The molecular weight excluding hydrogens is 498 g/mol. The van der Waals surface area contributed by atoms with E-state index in [-0.39, 0.29) is 38.5 Å². The molecule has 0 radical (unpaired) electrons. The fourth-order valence-corrected chi connectivity index (χ4v) is 5.74. The maximum atomic E-state index is 13.3. The molecule has 2 saturated carbocycles. The van der Waals surface area contributed by atoms with Gasteiger partial charge < -0.3 is 24.4 Å². The molecule has 0 unspecified atom stereocenters. The lowest BCUT2D eigenvalue weighted by molar-refractivity contribution is -0.145. The first-order chi connectivity index (χ1) is 18.2. The lowest BCUT2D eigenvalue weighted by Gasteiger charge is -2.45. The first kappa shape index (κ1) is 27.5. The van der Waals surface area contributed by atoms with Gasteiger partial charge in [-0.25, -0.2) is 10.2 Å². The van der Waals surface area contributed by atoms with E-state index in [9.17, 15) is 29.4 Å². The van der Waals surface area contributed by atoms with Gasteiger partial charge in [0.2, 0.25) is 11.8 Å². The molecular formula is C26H33N3O9. The summed E-state index contributed by atoms with van der Waals surface area (Å²) >= 11 is 0. The van der Waals surface area contributed by atoms with Gasteiger partial charge in [0.1, 0.15) is 12.4 Å². The predicted octanol–water partition coefficient (Wildman–Crippen LogP) is 0.984. The van der Waals surface area contributed by atoms with Gasteiger partial charge in [0.15, 0.2) is 0 Å². The summed E-state index contributed by atoms with van der Waals surface area (Å²) < 4.78 is 15.2. The Kier molecular flexibility index (Phi) is 8.62. The number of hydrogen-bond acceptors (Lipinski definition) is 10. The van der Waals surface area contributed by atoms with Crippen molar-refractivity contribution in [1.82, 2.24) is 10.3 Å². The molecule has 206 valence electrons. The molecule has 12 nitrogen and oxygen atoms in total. The van der Waals surface area contributed by atoms with E-state index in [2.05, 4.69) is 10.5 Å². The molecule has 3 N–H and O–H groups in total. The number of esters is 1. The Bertz CT molecular complexity index is 1090. The van der Waals surface area contributed by atoms with Gasteiger partial charge in [-0.05, 0) is 37.5 Å². The molecule has 2 aliphatic carbocycles. The van der Waals surface area contributed by atoms with Crippen LogP contribution in [-0.2, 0) is 30.5 Å². The minimum absolute atomic E-state index is 0.00713. The first-order valence-corrected chi connectivity index (χ1v) is 12.7. The van der Waals surface area contributed by atoms with E-state index in [1.807, 2.05) is 0 Å². The number of aliphatic hydroxyl groups is 2. The molecule has 3 aliphatic rings. The second kappa shape index (κ2) is 11.9. The standard InChI is InChI=1S/C26H33N3O9/c1-3-37-20(31)10-11-29-24(33)17-9-8-16-18(12-19(30)23(32)21(16)22(17)25(29)34)27-28-26(35)38-13-14-4-6-15(36-2)7-5-14/h4-7,16-17,19,21-23,30,32H,3,8-13H2,1-2H3,(H,28,35)/t16-,17-,19-,21+,22-,23-/m1/s1. The number of hydrazone groups is 1. The summed E-state index contributed by atoms with van der Waals surface area (Å²) in [6.07, 6.45) is -2.53. The maximum absolute atomic E-state index is 13.3. The van der Waals surface area contributed by atoms with Crippen LogP contribution in [0, 0.1) is 23.7 Å². The van der Waals surface area contributed by atoms with E-state index >= 15 is 0 Å². The molecule has 3 amide bonds. The van der Waals surface area contributed by atoms with Crippen molar-refractivity contribution in [3.8, 4) is 5.75 Å². The third kappa shape index (κ3) is 5.65. The lowest BCUT2D eigenvalue weighted by atomic mass is 9.60. The zero-order valence-electron chi connectivity index (χ0n) is 21.4. The van der Waals surface area contributed by atoms with Crippen LogP contribution < -0.4 is 10.2 Å². The molecule has 6 atom stereocenters. The number of methoxy groups -OCH3 is 1. The van der Waals surface area contributed by atoms with Crippen LogP contribution in [0.4, 0.5) is 4.79 Å². The molecule has 1 aromatic rings. The molecule has 0 aromatic heterocycles. The minimum Gasteiger partial charge on any atom is -0.497 e. The quantitative estimate of drug-likeness (QED) is 0.252. The highest BCUT2D eigenvalue weighted by Gasteiger charge is 2.59. The zero-order chi connectivity index (χ0) is 27.4. The fourth-order valence-electron chi connectivity index (χ4n) is 5.74. The van der Waals surface area contributed by atoms with Crippen LogP contribution >= 0.6 is 0 Å². The number of carbonyl (C=O) groups excluding carboxylic acids is 4. The van der Waals surface area contributed by atoms with Crippen molar-refractivity contribution in [3.05, 3.63) is 29.8 Å². The predicted molar refractivity (Wildman–Crippen MR) is 132 cm³/mol. The van der Waals surface area contributed by atoms with Crippen molar-refractivity contribution < 1.29 is 43.6 Å². The third-order valence-corrected chi connectivity index (χ3v) is 7.54. The largest absolute Gasteiger partial charge is 0.497 e. The number of likely N-dealkylation sites (tertiary alicyclic amines) is 1. The van der Waals surface area contributed by atoms with Crippen molar-refractivity contribution in [1.29, 1.82) is 0 Å². The Morgan fingerprint density at radius 1 is 1.08 bits per heavy atom. The van der Waals surface area contributed by atoms with Crippen LogP contribution in [0.2, 0.25) is 0 Å². The van der Waals surface area contributed by atoms with Crippen molar-refractivity contribution in [2.45, 2.75) is 51.4 Å². The van der Waals surface area contributed by atoms with Crippen LogP contribution in [0.5, 0.6) is 5.75 Å². The highest BCUT2D eigenvalue weighted by Crippen LogP contribution is 2.49. The van der Waals surface area contributed by atoms with Crippen molar-refractivity contribution in [3.63, 3.8) is 0 Å². The summed E-state index contributed by atoms with van der Waals surface area (Å²) in [6, 6.07) is 7.01. The summed E-state index contributed by atoms with van der Waals surface area (Å²) in [4.78, 5) is 51.4. The number of benzene rings is 1. The number of fused-ring (bicyclic) bond motifs is 3. The monoisotopic (exact) mass is 531 g/mol. The Morgan fingerprint density at radius 3 is 2.47 bits per heavy atom. The second-order valence-corrected chi connectivity index (χ2v) is 9.68. The number of amides is 3. The molecule has 4 rings (SSSR count). The van der Waals surface area contributed by atoms with E-state index in [4.69, 9.17) is 14.2 Å². The van der Waals surface area contributed by atoms with E-state index < -0.39 is 53.8 Å². The number of imide groups is 1. The molecule has 1 aromatic carbocycles. The average molecular weight is 532 g/mol. The van der Waals surface area contributed by atoms with E-state index in [1.54, 1.807) is 38.3 Å². The number of rotatable bonds is 8. The van der Waals surface area contributed by atoms with E-state index in [0.29, 0.717) is 24.3 Å². The van der Waals surface area contributed by atoms with Crippen LogP contribution in [-0.4, -0.2) is 77.2 Å². The third-order valence-electron chi connectivity index (χ3n) is 7.54. The van der Waals surface area contributed by atoms with E-state index in [1.165, 1.54) is 0 Å². The van der Waals surface area contributed by atoms with Gasteiger partial charge >= 0.3 is 12.1 Å². The van der Waals surface area contributed by atoms with Gasteiger partial charge in [-0.3, -0.25) is 19.3 Å². The smallest absolute Gasteiger partial charge is 0.428 e. The Hall–Kier alpha value is -3.51. The van der Waals surface area contributed by atoms with Crippen molar-refractivity contribution in [2.75, 3.05) is 20.3 Å². The number of hydrogen-bond donors (Lipinski definition) is 3. The fraction of sp³-hybridized carbons (Fsp3) is 0.577. The Morgan fingerprint density at radius 2 is 1.79 bits per heavy atom. The van der Waals surface area contributed by atoms with Crippen molar-refractivity contribution >= 4 is 29.6 Å². The number of aliphatic hydroxyl groups excluding tert-OH is 2. The van der Waals surface area contributed by atoms with Crippen LogP contribution in [0.25, 0.3) is 0 Å². The SMILES string of the molecule is CCOC(=O)CCN1C(=O)[C@H]2[C@H]3[C@H](O)[C@H](O)CC(=NNC(=O)OCc4ccc(OC)cc4)[C@H]3CC[C@H]2C1=O. The lowest BCUT2D eigenvalue weighted by Crippen LogP contribution is -2.55. The highest BCUT2D eigenvalue weighted by molar-refractivity contribution is 6.06. The average Bonchev–Trinajstić information content (AvgIpc) is 3.16. The summed E-state index contributed by atoms with van der Waals surface area (Å²) in [5, 5.41) is 25.6. The Balaban J connectivity index is 1.42. The highest BCUT2D eigenvalue weighted by atomic mass is 16.6. The Labute approximate surface area is 219 Å². The minimum atomic E-state index is -1.24. The molecule has 3 fully saturated rings. The normalized spacial score (nSPS) is 29.5. The molecule has 1 aliphatic heterocycles. The van der Waals surface area contributed by atoms with Gasteiger partial charge in [0.25, 0.3) is 0 Å². The summed E-state index contributed by atoms with van der Waals surface area (Å²) in [5.41, 5.74) is 3.52. The number of ether oxygens (including phenoxy) is 3. The first-order valence-electron chi connectivity index (χ1n) is 12.7. The second-order valence-electron chi connectivity index (χ2n) is 9.68. The molecule has 1 saturated heterocycles. The van der Waals surface area contributed by atoms with Gasteiger partial charge in [0, 0.05) is 30.5 Å². The van der Waals surface area contributed by atoms with Crippen LogP contribution in [0.1, 0.15) is 38.2 Å². The molecule has 1 heterocycles. The molecule has 38 heavy (non-hydrogen) atoms. The van der Waals surface area contributed by atoms with Gasteiger partial charge in [0.05, 0.1) is 44.2 Å². The number of nitrogens with zero attached hydrogens (tertiary/aromatic N) is 2. The topological polar surface area (TPSA) is 164 Å². The number of nitrogens with one attached hydrogen (secondary N) is 1. The van der Waals surface area contributed by atoms with Crippen LogP contribution in [0.15, 0.2) is 29.4 Å². The summed E-state index contributed by atoms with van der Waals surface area (Å²) in [6.45, 7) is 1.78. The summed E-state index contributed by atoms with van der Waals surface area (Å²) in [5.74, 6) is -3.34. The molecule has 0 spiro atoms. The molecule has 12 heteroatoms. The van der Waals surface area contributed by atoms with E-state index in [0.717, 1.165) is 10.5 Å². The van der Waals surface area contributed by atoms with Crippen LogP contribution in [0.3, 0.4) is 0 Å². The van der Waals surface area contributed by atoms with Gasteiger partial charge in [-0.2, -0.15) is 5.10 Å². The van der Waals surface area contributed by atoms with Crippen molar-refractivity contribution in [2.24, 2.45) is 28.8 Å². The van der Waals surface area contributed by atoms with Gasteiger partial charge in [-0.15, -0.1) is 0 Å².